The summed E-state index contributed by atoms with van der Waals surface area (Å²) in [6.45, 7) is 4.97. The standard InChI is InChI=1S/C13H20N2O3/c1-13(2,6-4-8-16)9-15-10-5-3-7-14-11(10)12(17)18/h3,5,7,15-16H,4,6,8-9H2,1-2H3,(H,17,18). The molecule has 5 nitrogen and oxygen atoms in total. The number of hydrogen-bond donors (Lipinski definition) is 3. The highest BCUT2D eigenvalue weighted by molar-refractivity contribution is 5.91. The van der Waals surface area contributed by atoms with E-state index < -0.39 is 5.97 Å². The summed E-state index contributed by atoms with van der Waals surface area (Å²) in [6.07, 6.45) is 3.08. The van der Waals surface area contributed by atoms with Gasteiger partial charge in [-0.15, -0.1) is 0 Å². The average molecular weight is 252 g/mol. The summed E-state index contributed by atoms with van der Waals surface area (Å²) in [6, 6.07) is 3.41. The second-order valence-electron chi connectivity index (χ2n) is 5.05. The van der Waals surface area contributed by atoms with E-state index in [1.807, 2.05) is 0 Å². The van der Waals surface area contributed by atoms with E-state index in [4.69, 9.17) is 10.2 Å². The fourth-order valence-corrected chi connectivity index (χ4v) is 1.70. The molecule has 0 saturated carbocycles. The number of aromatic carboxylic acids is 1. The number of nitrogens with one attached hydrogen (secondary N) is 1. The van der Waals surface area contributed by atoms with Gasteiger partial charge in [0.1, 0.15) is 0 Å². The van der Waals surface area contributed by atoms with Crippen LogP contribution in [0.1, 0.15) is 37.2 Å². The lowest BCUT2D eigenvalue weighted by atomic mass is 9.88. The number of nitrogens with zero attached hydrogens (tertiary/aromatic N) is 1. The normalized spacial score (nSPS) is 11.3. The number of pyridine rings is 1. The summed E-state index contributed by atoms with van der Waals surface area (Å²) in [5.41, 5.74) is 0.562. The van der Waals surface area contributed by atoms with E-state index >= 15 is 0 Å². The maximum atomic E-state index is 11.0. The monoisotopic (exact) mass is 252 g/mol. The van der Waals surface area contributed by atoms with E-state index in [2.05, 4.69) is 24.1 Å². The number of aliphatic hydroxyl groups excluding tert-OH is 1. The summed E-state index contributed by atoms with van der Waals surface area (Å²) in [4.78, 5) is 14.8. The fraction of sp³-hybridized carbons (Fsp3) is 0.538. The van der Waals surface area contributed by atoms with Gasteiger partial charge in [-0.1, -0.05) is 13.8 Å². The van der Waals surface area contributed by atoms with Crippen LogP contribution in [0.5, 0.6) is 0 Å². The molecular formula is C13H20N2O3. The zero-order valence-electron chi connectivity index (χ0n) is 10.8. The number of anilines is 1. The smallest absolute Gasteiger partial charge is 0.356 e. The highest BCUT2D eigenvalue weighted by atomic mass is 16.4. The van der Waals surface area contributed by atoms with Gasteiger partial charge in [0.2, 0.25) is 0 Å². The third-order valence-corrected chi connectivity index (χ3v) is 2.78. The van der Waals surface area contributed by atoms with Crippen molar-refractivity contribution in [1.82, 2.24) is 4.98 Å². The van der Waals surface area contributed by atoms with Crippen LogP contribution in [0.4, 0.5) is 5.69 Å². The molecule has 0 aliphatic heterocycles. The van der Waals surface area contributed by atoms with Crippen molar-refractivity contribution >= 4 is 11.7 Å². The topological polar surface area (TPSA) is 82.5 Å². The van der Waals surface area contributed by atoms with Crippen molar-refractivity contribution in [3.63, 3.8) is 0 Å². The molecule has 0 unspecified atom stereocenters. The number of carboxylic acid groups (broad SMARTS) is 1. The Morgan fingerprint density at radius 2 is 2.22 bits per heavy atom. The van der Waals surface area contributed by atoms with Crippen LogP contribution >= 0.6 is 0 Å². The van der Waals surface area contributed by atoms with Crippen molar-refractivity contribution in [3.8, 4) is 0 Å². The highest BCUT2D eigenvalue weighted by Crippen LogP contribution is 2.23. The minimum absolute atomic E-state index is 0.00561. The lowest BCUT2D eigenvalue weighted by Gasteiger charge is -2.25. The molecule has 3 N–H and O–H groups in total. The molecule has 0 aliphatic rings. The molecule has 1 rings (SSSR count). The molecule has 0 bridgehead atoms. The number of aromatic nitrogens is 1. The largest absolute Gasteiger partial charge is 0.476 e. The third-order valence-electron chi connectivity index (χ3n) is 2.78. The van der Waals surface area contributed by atoms with Crippen LogP contribution < -0.4 is 5.32 Å². The molecule has 100 valence electrons. The Morgan fingerprint density at radius 3 is 2.83 bits per heavy atom. The Labute approximate surface area is 107 Å². The maximum Gasteiger partial charge on any atom is 0.356 e. The summed E-state index contributed by atoms with van der Waals surface area (Å²) >= 11 is 0. The SMILES string of the molecule is CC(C)(CCCO)CNc1cccnc1C(=O)O. The van der Waals surface area contributed by atoms with Gasteiger partial charge in [-0.3, -0.25) is 0 Å². The molecule has 5 heteroatoms. The van der Waals surface area contributed by atoms with Crippen LogP contribution in [0.3, 0.4) is 0 Å². The predicted molar refractivity (Wildman–Crippen MR) is 69.8 cm³/mol. The Balaban J connectivity index is 2.65. The average Bonchev–Trinajstić information content (AvgIpc) is 2.34. The molecule has 0 atom stereocenters. The van der Waals surface area contributed by atoms with E-state index in [1.165, 1.54) is 6.20 Å². The lowest BCUT2D eigenvalue weighted by Crippen LogP contribution is -2.24. The number of carbonyl (C=O) groups is 1. The molecule has 0 aliphatic carbocycles. The van der Waals surface area contributed by atoms with Gasteiger partial charge in [-0.25, -0.2) is 9.78 Å². The number of carboxylic acids is 1. The first kappa shape index (κ1) is 14.4. The Hall–Kier alpha value is -1.62. The summed E-state index contributed by atoms with van der Waals surface area (Å²) in [5, 5.41) is 20.9. The first-order valence-corrected chi connectivity index (χ1v) is 5.99. The first-order chi connectivity index (χ1) is 8.46. The number of hydrogen-bond acceptors (Lipinski definition) is 4. The van der Waals surface area contributed by atoms with Crippen molar-refractivity contribution in [2.24, 2.45) is 5.41 Å². The van der Waals surface area contributed by atoms with Crippen molar-refractivity contribution in [3.05, 3.63) is 24.0 Å². The van der Waals surface area contributed by atoms with Crippen LogP contribution in [-0.2, 0) is 0 Å². The second-order valence-corrected chi connectivity index (χ2v) is 5.05. The summed E-state index contributed by atoms with van der Waals surface area (Å²) < 4.78 is 0. The van der Waals surface area contributed by atoms with E-state index in [-0.39, 0.29) is 17.7 Å². The van der Waals surface area contributed by atoms with E-state index in [9.17, 15) is 4.79 Å². The zero-order chi connectivity index (χ0) is 13.6. The maximum absolute atomic E-state index is 11.0. The van der Waals surface area contributed by atoms with Gasteiger partial charge >= 0.3 is 5.97 Å². The van der Waals surface area contributed by atoms with Crippen LogP contribution in [0.15, 0.2) is 18.3 Å². The van der Waals surface area contributed by atoms with Gasteiger partial charge in [0.05, 0.1) is 5.69 Å². The Morgan fingerprint density at radius 1 is 1.50 bits per heavy atom. The fourth-order valence-electron chi connectivity index (χ4n) is 1.70. The van der Waals surface area contributed by atoms with Gasteiger partial charge in [0, 0.05) is 19.3 Å². The van der Waals surface area contributed by atoms with Crippen molar-refractivity contribution in [1.29, 1.82) is 0 Å². The van der Waals surface area contributed by atoms with Gasteiger partial charge in [0.25, 0.3) is 0 Å². The molecule has 1 heterocycles. The third kappa shape index (κ3) is 4.33. The van der Waals surface area contributed by atoms with Crippen LogP contribution in [0.25, 0.3) is 0 Å². The zero-order valence-corrected chi connectivity index (χ0v) is 10.8. The van der Waals surface area contributed by atoms with Crippen LogP contribution in [0, 0.1) is 5.41 Å². The van der Waals surface area contributed by atoms with Crippen LogP contribution in [-0.4, -0.2) is 34.3 Å². The van der Waals surface area contributed by atoms with Crippen molar-refractivity contribution < 1.29 is 15.0 Å². The quantitative estimate of drug-likeness (QED) is 0.691. The molecule has 0 fully saturated rings. The first-order valence-electron chi connectivity index (χ1n) is 5.99. The molecule has 0 aromatic carbocycles. The van der Waals surface area contributed by atoms with Crippen LogP contribution in [0.2, 0.25) is 0 Å². The summed E-state index contributed by atoms with van der Waals surface area (Å²) in [7, 11) is 0. The lowest BCUT2D eigenvalue weighted by molar-refractivity contribution is 0.0691. The van der Waals surface area contributed by atoms with Crippen molar-refractivity contribution in [2.75, 3.05) is 18.5 Å². The number of rotatable bonds is 7. The van der Waals surface area contributed by atoms with Gasteiger partial charge in [0.15, 0.2) is 5.69 Å². The molecule has 1 aromatic rings. The highest BCUT2D eigenvalue weighted by Gasteiger charge is 2.18. The minimum Gasteiger partial charge on any atom is -0.476 e. The van der Waals surface area contributed by atoms with E-state index in [0.717, 1.165) is 12.8 Å². The molecule has 0 saturated heterocycles. The molecule has 0 spiro atoms. The van der Waals surface area contributed by atoms with Gasteiger partial charge in [-0.2, -0.15) is 0 Å². The molecular weight excluding hydrogens is 232 g/mol. The van der Waals surface area contributed by atoms with Crippen molar-refractivity contribution in [2.45, 2.75) is 26.7 Å². The van der Waals surface area contributed by atoms with E-state index in [1.54, 1.807) is 12.1 Å². The Bertz CT molecular complexity index is 405. The molecule has 0 radical (unpaired) electrons. The molecule has 1 aromatic heterocycles. The van der Waals surface area contributed by atoms with Gasteiger partial charge < -0.3 is 15.5 Å². The predicted octanol–water partition coefficient (Wildman–Crippen LogP) is 1.99. The van der Waals surface area contributed by atoms with Gasteiger partial charge in [-0.05, 0) is 30.4 Å². The second kappa shape index (κ2) is 6.35. The summed E-state index contributed by atoms with van der Waals surface area (Å²) in [5.74, 6) is -1.04. The Kier molecular flexibility index (Phi) is 5.09. The minimum atomic E-state index is -1.04. The van der Waals surface area contributed by atoms with E-state index in [0.29, 0.717) is 12.2 Å². The molecule has 18 heavy (non-hydrogen) atoms. The number of aliphatic hydroxyl groups is 1. The molecule has 0 amide bonds.